The third-order valence-electron chi connectivity index (χ3n) is 3.91. The monoisotopic (exact) mass is 278 g/mol. The Hall–Kier alpha value is -1.78. The fraction of sp³-hybridized carbons (Fsp3) is 0.600. The number of ether oxygens (including phenoxy) is 1. The van der Waals surface area contributed by atoms with Crippen LogP contribution in [0.2, 0.25) is 0 Å². The summed E-state index contributed by atoms with van der Waals surface area (Å²) in [5.41, 5.74) is 1.62. The maximum atomic E-state index is 12.3. The van der Waals surface area contributed by atoms with Crippen LogP contribution >= 0.6 is 0 Å². The molecule has 0 aliphatic carbocycles. The molecule has 110 valence electrons. The third kappa shape index (κ3) is 2.57. The van der Waals surface area contributed by atoms with Gasteiger partial charge in [-0.2, -0.15) is 0 Å². The van der Waals surface area contributed by atoms with Crippen molar-refractivity contribution in [2.24, 2.45) is 5.41 Å². The number of hydrogen-bond donors (Lipinski definition) is 1. The van der Waals surface area contributed by atoms with Gasteiger partial charge in [0.05, 0.1) is 5.56 Å². The van der Waals surface area contributed by atoms with E-state index in [2.05, 4.69) is 5.32 Å². The molecule has 0 bridgehead atoms. The normalized spacial score (nSPS) is 16.4. The molecular formula is C15H22N2O3. The number of carbonyl (C=O) groups excluding carboxylic acids is 2. The maximum absolute atomic E-state index is 12.3. The van der Waals surface area contributed by atoms with Crippen LogP contribution in [0.15, 0.2) is 6.20 Å². The lowest BCUT2D eigenvalue weighted by atomic mass is 9.90. The zero-order valence-corrected chi connectivity index (χ0v) is 12.7. The first-order valence-electron chi connectivity index (χ1n) is 6.90. The summed E-state index contributed by atoms with van der Waals surface area (Å²) in [4.78, 5) is 24.1. The van der Waals surface area contributed by atoms with Crippen molar-refractivity contribution >= 4 is 11.9 Å². The van der Waals surface area contributed by atoms with Crippen molar-refractivity contribution in [3.63, 3.8) is 0 Å². The number of nitrogens with zero attached hydrogens (tertiary/aromatic N) is 1. The lowest BCUT2D eigenvalue weighted by molar-refractivity contribution is 0.00473. The number of aromatic nitrogens is 1. The molecule has 5 nitrogen and oxygen atoms in total. The van der Waals surface area contributed by atoms with Crippen molar-refractivity contribution in [3.05, 3.63) is 23.0 Å². The highest BCUT2D eigenvalue weighted by Gasteiger charge is 2.29. The number of carbonyl (C=O) groups is 2. The summed E-state index contributed by atoms with van der Waals surface area (Å²) < 4.78 is 7.34. The molecule has 0 aromatic carbocycles. The molecule has 0 saturated carbocycles. The van der Waals surface area contributed by atoms with Crippen molar-refractivity contribution in [1.82, 2.24) is 9.88 Å². The molecular weight excluding hydrogens is 256 g/mol. The minimum absolute atomic E-state index is 0.111. The maximum Gasteiger partial charge on any atom is 0.340 e. The Morgan fingerprint density at radius 1 is 1.45 bits per heavy atom. The SMILES string of the molecule is Cc1c(C(=O)OC(C)C(C)(C)C)cn2c1C(=O)NCC2. The average Bonchev–Trinajstić information content (AvgIpc) is 2.67. The van der Waals surface area contributed by atoms with E-state index in [0.29, 0.717) is 29.9 Å². The first-order valence-corrected chi connectivity index (χ1v) is 6.90. The first kappa shape index (κ1) is 14.6. The summed E-state index contributed by atoms with van der Waals surface area (Å²) >= 11 is 0. The van der Waals surface area contributed by atoms with E-state index in [9.17, 15) is 9.59 Å². The van der Waals surface area contributed by atoms with E-state index in [1.807, 2.05) is 32.3 Å². The molecule has 5 heteroatoms. The highest BCUT2D eigenvalue weighted by Crippen LogP contribution is 2.25. The number of esters is 1. The molecule has 1 aromatic rings. The Morgan fingerprint density at radius 2 is 2.10 bits per heavy atom. The molecule has 0 saturated heterocycles. The van der Waals surface area contributed by atoms with Crippen LogP contribution in [0.4, 0.5) is 0 Å². The molecule has 1 amide bonds. The summed E-state index contributed by atoms with van der Waals surface area (Å²) in [6.07, 6.45) is 1.53. The molecule has 2 heterocycles. The fourth-order valence-corrected chi connectivity index (χ4v) is 2.12. The van der Waals surface area contributed by atoms with Gasteiger partial charge in [-0.15, -0.1) is 0 Å². The average molecular weight is 278 g/mol. The molecule has 0 spiro atoms. The van der Waals surface area contributed by atoms with Crippen LogP contribution in [0.1, 0.15) is 54.1 Å². The molecule has 1 aliphatic heterocycles. The van der Waals surface area contributed by atoms with Crippen molar-refractivity contribution in [2.45, 2.75) is 47.3 Å². The predicted octanol–water partition coefficient (Wildman–Crippen LogP) is 2.13. The lowest BCUT2D eigenvalue weighted by Gasteiger charge is -2.26. The molecule has 20 heavy (non-hydrogen) atoms. The number of amides is 1. The van der Waals surface area contributed by atoms with Crippen LogP contribution in [-0.4, -0.2) is 29.1 Å². The molecule has 1 aromatic heterocycles. The van der Waals surface area contributed by atoms with E-state index < -0.39 is 0 Å². The number of hydrogen-bond acceptors (Lipinski definition) is 3. The molecule has 1 N–H and O–H groups in total. The van der Waals surface area contributed by atoms with Crippen LogP contribution in [-0.2, 0) is 11.3 Å². The van der Waals surface area contributed by atoms with Gasteiger partial charge in [0.1, 0.15) is 11.8 Å². The summed E-state index contributed by atoms with van der Waals surface area (Å²) in [5.74, 6) is -0.490. The van der Waals surface area contributed by atoms with Gasteiger partial charge in [-0.25, -0.2) is 4.79 Å². The van der Waals surface area contributed by atoms with Crippen molar-refractivity contribution in [3.8, 4) is 0 Å². The summed E-state index contributed by atoms with van der Waals surface area (Å²) in [7, 11) is 0. The smallest absolute Gasteiger partial charge is 0.340 e. The van der Waals surface area contributed by atoms with Gasteiger partial charge in [0, 0.05) is 19.3 Å². The van der Waals surface area contributed by atoms with E-state index in [1.165, 1.54) is 0 Å². The Labute approximate surface area is 119 Å². The van der Waals surface area contributed by atoms with Crippen molar-refractivity contribution < 1.29 is 14.3 Å². The van der Waals surface area contributed by atoms with Gasteiger partial charge in [0.15, 0.2) is 0 Å². The molecule has 0 fully saturated rings. The van der Waals surface area contributed by atoms with Crippen LogP contribution < -0.4 is 5.32 Å². The standard InChI is InChI=1S/C15H22N2O3/c1-9-11(14(19)20-10(2)15(3,4)5)8-17-7-6-16-13(18)12(9)17/h8,10H,6-7H2,1-5H3,(H,16,18). The Bertz CT molecular complexity index is 552. The van der Waals surface area contributed by atoms with E-state index >= 15 is 0 Å². The van der Waals surface area contributed by atoms with E-state index in [0.717, 1.165) is 0 Å². The van der Waals surface area contributed by atoms with E-state index in [1.54, 1.807) is 13.1 Å². The second-order valence-corrected chi connectivity index (χ2v) is 6.38. The summed E-state index contributed by atoms with van der Waals surface area (Å²) in [6.45, 7) is 11.0. The highest BCUT2D eigenvalue weighted by molar-refractivity contribution is 6.00. The number of fused-ring (bicyclic) bond motifs is 1. The van der Waals surface area contributed by atoms with Gasteiger partial charge in [-0.3, -0.25) is 4.79 Å². The summed E-state index contributed by atoms with van der Waals surface area (Å²) in [6, 6.07) is 0. The third-order valence-corrected chi connectivity index (χ3v) is 3.91. The Morgan fingerprint density at radius 3 is 2.65 bits per heavy atom. The highest BCUT2D eigenvalue weighted by atomic mass is 16.5. The van der Waals surface area contributed by atoms with Crippen LogP contribution in [0.25, 0.3) is 0 Å². The van der Waals surface area contributed by atoms with Gasteiger partial charge in [-0.1, -0.05) is 20.8 Å². The molecule has 2 rings (SSSR count). The Kier molecular flexibility index (Phi) is 3.63. The zero-order chi connectivity index (χ0) is 15.1. The largest absolute Gasteiger partial charge is 0.458 e. The minimum Gasteiger partial charge on any atom is -0.458 e. The van der Waals surface area contributed by atoms with Crippen LogP contribution in [0.3, 0.4) is 0 Å². The second kappa shape index (κ2) is 4.96. The molecule has 1 unspecified atom stereocenters. The van der Waals surface area contributed by atoms with Crippen LogP contribution in [0.5, 0.6) is 0 Å². The van der Waals surface area contributed by atoms with Crippen molar-refractivity contribution in [2.75, 3.05) is 6.54 Å². The van der Waals surface area contributed by atoms with Crippen molar-refractivity contribution in [1.29, 1.82) is 0 Å². The number of rotatable bonds is 2. The fourth-order valence-electron chi connectivity index (χ4n) is 2.12. The summed E-state index contributed by atoms with van der Waals surface area (Å²) in [5, 5.41) is 2.78. The van der Waals surface area contributed by atoms with Gasteiger partial charge in [0.2, 0.25) is 0 Å². The zero-order valence-electron chi connectivity index (χ0n) is 12.7. The van der Waals surface area contributed by atoms with Crippen LogP contribution in [0, 0.1) is 12.3 Å². The van der Waals surface area contributed by atoms with Gasteiger partial charge >= 0.3 is 5.97 Å². The van der Waals surface area contributed by atoms with Gasteiger partial charge < -0.3 is 14.6 Å². The molecule has 1 aliphatic rings. The second-order valence-electron chi connectivity index (χ2n) is 6.38. The van der Waals surface area contributed by atoms with Gasteiger partial charge in [0.25, 0.3) is 5.91 Å². The molecule has 1 atom stereocenters. The topological polar surface area (TPSA) is 60.3 Å². The molecule has 0 radical (unpaired) electrons. The van der Waals surface area contributed by atoms with E-state index in [4.69, 9.17) is 4.74 Å². The first-order chi connectivity index (χ1) is 9.21. The Balaban J connectivity index is 2.26. The quantitative estimate of drug-likeness (QED) is 0.843. The van der Waals surface area contributed by atoms with E-state index in [-0.39, 0.29) is 23.4 Å². The number of nitrogens with one attached hydrogen (secondary N) is 1. The van der Waals surface area contributed by atoms with Gasteiger partial charge in [-0.05, 0) is 24.8 Å². The lowest BCUT2D eigenvalue weighted by Crippen LogP contribution is -2.35. The predicted molar refractivity (Wildman–Crippen MR) is 75.8 cm³/mol. The minimum atomic E-state index is -0.361.